The van der Waals surface area contributed by atoms with Crippen molar-refractivity contribution in [3.8, 4) is 0 Å². The van der Waals surface area contributed by atoms with Gasteiger partial charge in [-0.25, -0.2) is 4.98 Å². The summed E-state index contributed by atoms with van der Waals surface area (Å²) in [5.41, 5.74) is 2.47. The van der Waals surface area contributed by atoms with E-state index in [0.29, 0.717) is 12.1 Å². The second kappa shape index (κ2) is 7.23. The molecule has 21 heavy (non-hydrogen) atoms. The molecule has 2 unspecified atom stereocenters. The van der Waals surface area contributed by atoms with E-state index in [1.54, 1.807) is 0 Å². The van der Waals surface area contributed by atoms with Crippen LogP contribution in [0.25, 0.3) is 0 Å². The molecule has 1 fully saturated rings. The summed E-state index contributed by atoms with van der Waals surface area (Å²) in [7, 11) is 2.14. The zero-order chi connectivity index (χ0) is 15.4. The number of likely N-dealkylation sites (N-methyl/N-ethyl adjacent to an activating group) is 1. The maximum Gasteiger partial charge on any atom is 0.129 e. The van der Waals surface area contributed by atoms with Crippen molar-refractivity contribution in [2.75, 3.05) is 18.6 Å². The van der Waals surface area contributed by atoms with Crippen LogP contribution >= 0.6 is 0 Å². The van der Waals surface area contributed by atoms with Gasteiger partial charge in [-0.05, 0) is 37.5 Å². The lowest BCUT2D eigenvalue weighted by Gasteiger charge is -2.28. The molecule has 1 aliphatic heterocycles. The number of hydrogen-bond donors (Lipinski definition) is 1. The van der Waals surface area contributed by atoms with E-state index in [-0.39, 0.29) is 6.10 Å². The number of aryl methyl sites for hydroxylation is 1. The third-order valence-electron chi connectivity index (χ3n) is 4.20. The molecule has 0 aromatic carbocycles. The molecule has 0 radical (unpaired) electrons. The van der Waals surface area contributed by atoms with Crippen molar-refractivity contribution >= 4 is 5.82 Å². The van der Waals surface area contributed by atoms with Gasteiger partial charge in [-0.1, -0.05) is 20.8 Å². The summed E-state index contributed by atoms with van der Waals surface area (Å²) in [4.78, 5) is 7.09. The van der Waals surface area contributed by atoms with Crippen LogP contribution in [0.5, 0.6) is 0 Å². The number of hydrogen-bond acceptors (Lipinski definition) is 4. The molecule has 0 saturated carbocycles. The molecule has 118 valence electrons. The van der Waals surface area contributed by atoms with E-state index >= 15 is 0 Å². The maximum atomic E-state index is 5.69. The van der Waals surface area contributed by atoms with Crippen molar-refractivity contribution < 1.29 is 4.74 Å². The van der Waals surface area contributed by atoms with Crippen molar-refractivity contribution in [1.82, 2.24) is 10.3 Å². The van der Waals surface area contributed by atoms with Gasteiger partial charge in [-0.3, -0.25) is 0 Å². The summed E-state index contributed by atoms with van der Waals surface area (Å²) >= 11 is 0. The highest BCUT2D eigenvalue weighted by atomic mass is 16.5. The van der Waals surface area contributed by atoms with Gasteiger partial charge in [-0.2, -0.15) is 0 Å². The Bertz CT molecular complexity index is 461. The normalized spacial score (nSPS) is 22.0. The van der Waals surface area contributed by atoms with Gasteiger partial charge in [-0.15, -0.1) is 0 Å². The van der Waals surface area contributed by atoms with Crippen LogP contribution in [-0.2, 0) is 17.7 Å². The predicted molar refractivity (Wildman–Crippen MR) is 87.8 cm³/mol. The second-order valence-corrected chi connectivity index (χ2v) is 6.26. The van der Waals surface area contributed by atoms with Crippen LogP contribution in [0.2, 0.25) is 0 Å². The van der Waals surface area contributed by atoms with Crippen LogP contribution in [0.1, 0.15) is 45.4 Å². The molecule has 1 aromatic rings. The van der Waals surface area contributed by atoms with E-state index in [0.717, 1.165) is 37.5 Å². The Morgan fingerprint density at radius 2 is 2.19 bits per heavy atom. The van der Waals surface area contributed by atoms with E-state index in [1.165, 1.54) is 5.56 Å². The molecule has 2 heterocycles. The number of ether oxygens (including phenoxy) is 1. The molecule has 0 bridgehead atoms. The molecule has 1 saturated heterocycles. The first-order valence-electron chi connectivity index (χ1n) is 8.09. The second-order valence-electron chi connectivity index (χ2n) is 6.26. The van der Waals surface area contributed by atoms with Gasteiger partial charge in [0.05, 0.1) is 12.1 Å². The molecule has 4 heteroatoms. The van der Waals surface area contributed by atoms with Crippen LogP contribution in [0.15, 0.2) is 12.1 Å². The van der Waals surface area contributed by atoms with Gasteiger partial charge in [0.2, 0.25) is 0 Å². The number of nitrogens with one attached hydrogen (secondary N) is 1. The minimum atomic E-state index is 0.277. The first kappa shape index (κ1) is 16.2. The summed E-state index contributed by atoms with van der Waals surface area (Å²) in [6, 6.07) is 5.34. The minimum Gasteiger partial charge on any atom is -0.376 e. The van der Waals surface area contributed by atoms with Crippen LogP contribution in [-0.4, -0.2) is 36.8 Å². The molecule has 1 aromatic heterocycles. The molecule has 1 N–H and O–H groups in total. The third-order valence-corrected chi connectivity index (χ3v) is 4.20. The van der Waals surface area contributed by atoms with Crippen molar-refractivity contribution in [1.29, 1.82) is 0 Å². The molecule has 0 aliphatic carbocycles. The van der Waals surface area contributed by atoms with E-state index in [2.05, 4.69) is 57.1 Å². The molecule has 2 atom stereocenters. The Kier molecular flexibility index (Phi) is 5.59. The molecule has 2 rings (SSSR count). The van der Waals surface area contributed by atoms with Crippen molar-refractivity contribution in [2.45, 2.75) is 65.3 Å². The Morgan fingerprint density at radius 1 is 1.43 bits per heavy atom. The lowest BCUT2D eigenvalue weighted by molar-refractivity contribution is 0.118. The summed E-state index contributed by atoms with van der Waals surface area (Å²) in [6.45, 7) is 10.4. The number of rotatable bonds is 6. The Balaban J connectivity index is 2.19. The van der Waals surface area contributed by atoms with Crippen LogP contribution in [0, 0.1) is 0 Å². The van der Waals surface area contributed by atoms with E-state index < -0.39 is 0 Å². The van der Waals surface area contributed by atoms with Crippen LogP contribution in [0.3, 0.4) is 0 Å². The number of pyridine rings is 1. The van der Waals surface area contributed by atoms with E-state index in [4.69, 9.17) is 9.72 Å². The number of anilines is 1. The van der Waals surface area contributed by atoms with Gasteiger partial charge in [0.1, 0.15) is 5.82 Å². The van der Waals surface area contributed by atoms with Crippen LogP contribution < -0.4 is 10.2 Å². The highest BCUT2D eigenvalue weighted by molar-refractivity contribution is 5.43. The average Bonchev–Trinajstić information content (AvgIpc) is 2.90. The standard InChI is InChI=1S/C17H29N3O/c1-6-15-9-14(11-18-12(2)3)10-17(19-15)20(5)16-7-8-21-13(16)4/h9-10,12-13,16,18H,6-8,11H2,1-5H3. The summed E-state index contributed by atoms with van der Waals surface area (Å²) in [6.07, 6.45) is 2.32. The number of nitrogens with zero attached hydrogens (tertiary/aromatic N) is 2. The first-order valence-corrected chi connectivity index (χ1v) is 8.09. The molecule has 0 spiro atoms. The smallest absolute Gasteiger partial charge is 0.129 e. The van der Waals surface area contributed by atoms with Gasteiger partial charge in [0, 0.05) is 31.9 Å². The van der Waals surface area contributed by atoms with Gasteiger partial charge in [0.25, 0.3) is 0 Å². The topological polar surface area (TPSA) is 37.4 Å². The van der Waals surface area contributed by atoms with E-state index in [9.17, 15) is 0 Å². The molecule has 4 nitrogen and oxygen atoms in total. The van der Waals surface area contributed by atoms with Crippen molar-refractivity contribution in [2.24, 2.45) is 0 Å². The lowest BCUT2D eigenvalue weighted by atomic mass is 10.1. The zero-order valence-corrected chi connectivity index (χ0v) is 14.0. The van der Waals surface area contributed by atoms with Crippen molar-refractivity contribution in [3.63, 3.8) is 0 Å². The summed E-state index contributed by atoms with van der Waals surface area (Å²) < 4.78 is 5.69. The van der Waals surface area contributed by atoms with Gasteiger partial charge >= 0.3 is 0 Å². The average molecular weight is 291 g/mol. The summed E-state index contributed by atoms with van der Waals surface area (Å²) in [5.74, 6) is 1.07. The van der Waals surface area contributed by atoms with E-state index in [1.807, 2.05) is 0 Å². The monoisotopic (exact) mass is 291 g/mol. The highest BCUT2D eigenvalue weighted by Crippen LogP contribution is 2.24. The SMILES string of the molecule is CCc1cc(CNC(C)C)cc(N(C)C2CCOC2C)n1. The summed E-state index contributed by atoms with van der Waals surface area (Å²) in [5, 5.41) is 3.49. The Labute approximate surface area is 128 Å². The largest absolute Gasteiger partial charge is 0.376 e. The fourth-order valence-electron chi connectivity index (χ4n) is 2.82. The Morgan fingerprint density at radius 3 is 2.76 bits per heavy atom. The number of aromatic nitrogens is 1. The third kappa shape index (κ3) is 4.17. The van der Waals surface area contributed by atoms with Crippen LogP contribution in [0.4, 0.5) is 5.82 Å². The Hall–Kier alpha value is -1.13. The van der Waals surface area contributed by atoms with Gasteiger partial charge < -0.3 is 15.0 Å². The minimum absolute atomic E-state index is 0.277. The zero-order valence-electron chi connectivity index (χ0n) is 14.0. The lowest BCUT2D eigenvalue weighted by Crippen LogP contribution is -2.37. The molecular formula is C17H29N3O. The highest BCUT2D eigenvalue weighted by Gasteiger charge is 2.28. The fraction of sp³-hybridized carbons (Fsp3) is 0.706. The van der Waals surface area contributed by atoms with Crippen molar-refractivity contribution in [3.05, 3.63) is 23.4 Å². The molecular weight excluding hydrogens is 262 g/mol. The molecule has 1 aliphatic rings. The van der Waals surface area contributed by atoms with Gasteiger partial charge in [0.15, 0.2) is 0 Å². The first-order chi connectivity index (χ1) is 10.0. The fourth-order valence-corrected chi connectivity index (χ4v) is 2.82. The molecule has 0 amide bonds. The maximum absolute atomic E-state index is 5.69. The quantitative estimate of drug-likeness (QED) is 0.874. The predicted octanol–water partition coefficient (Wildman–Crippen LogP) is 2.76.